The van der Waals surface area contributed by atoms with Gasteiger partial charge in [-0.15, -0.1) is 6.58 Å². The zero-order chi connectivity index (χ0) is 29.5. The maximum absolute atomic E-state index is 14.9. The summed E-state index contributed by atoms with van der Waals surface area (Å²) in [4.78, 5) is 45.5. The Hall–Kier alpha value is -3.27. The first-order chi connectivity index (χ1) is 19.7. The van der Waals surface area contributed by atoms with Gasteiger partial charge in [-0.3, -0.25) is 14.4 Å². The van der Waals surface area contributed by atoms with Crippen LogP contribution in [-0.4, -0.2) is 70.1 Å². The Morgan fingerprint density at radius 1 is 1.22 bits per heavy atom. The van der Waals surface area contributed by atoms with Crippen LogP contribution in [0, 0.1) is 25.7 Å². The van der Waals surface area contributed by atoms with Crippen LogP contribution in [0.25, 0.3) is 0 Å². The summed E-state index contributed by atoms with van der Waals surface area (Å²) in [5.41, 5.74) is 1.94. The van der Waals surface area contributed by atoms with Crippen molar-refractivity contribution in [1.29, 1.82) is 0 Å². The standard InChI is InChI=1S/C32H35BrN2O6/c1-5-14-34(23-16-19(3)12-13-20(23)4)30(38)28-32-17-22(33)27(41-32)25(31(39)40-15-6-2)26(32)29(37)35(28)24(18-36)21-10-8-7-9-11-21/h5-13,16,22,24-28,36H,1-2,14-15,17-18H2,3-4H3/t22?,24-,25+,26+,27+,28?,32?/m1/s1. The number of hydrogen-bond acceptors (Lipinski definition) is 6. The van der Waals surface area contributed by atoms with Crippen molar-refractivity contribution in [2.24, 2.45) is 11.8 Å². The second-order valence-electron chi connectivity index (χ2n) is 11.0. The molecule has 3 unspecified atom stereocenters. The molecule has 3 heterocycles. The average molecular weight is 624 g/mol. The number of benzene rings is 2. The molecule has 5 rings (SSSR count). The molecule has 9 heteroatoms. The number of aliphatic hydroxyl groups is 1. The van der Waals surface area contributed by atoms with Crippen molar-refractivity contribution in [3.63, 3.8) is 0 Å². The highest BCUT2D eigenvalue weighted by Gasteiger charge is 2.77. The van der Waals surface area contributed by atoms with Gasteiger partial charge in [0, 0.05) is 17.1 Å². The van der Waals surface area contributed by atoms with Gasteiger partial charge in [-0.2, -0.15) is 0 Å². The van der Waals surface area contributed by atoms with Gasteiger partial charge in [0.25, 0.3) is 5.91 Å². The predicted octanol–water partition coefficient (Wildman–Crippen LogP) is 4.03. The summed E-state index contributed by atoms with van der Waals surface area (Å²) in [6.07, 6.45) is 2.81. The molecule has 7 atom stereocenters. The van der Waals surface area contributed by atoms with E-state index >= 15 is 0 Å². The molecule has 0 saturated carbocycles. The SMILES string of the molecule is C=CCOC(=O)[C@H]1[C@H]2C(=O)N([C@H](CO)c3ccccc3)C(C(=O)N(CC=C)c3cc(C)ccc3C)C23CC(Br)[C@@H]1O3. The number of ether oxygens (including phenoxy) is 2. The number of halogens is 1. The normalized spacial score (nSPS) is 28.7. The molecule has 8 nitrogen and oxygen atoms in total. The third-order valence-corrected chi connectivity index (χ3v) is 9.35. The van der Waals surface area contributed by atoms with Gasteiger partial charge in [0.15, 0.2) is 0 Å². The number of aryl methyl sites for hydroxylation is 2. The number of carbonyl (C=O) groups excluding carboxylic acids is 3. The van der Waals surface area contributed by atoms with E-state index in [4.69, 9.17) is 9.47 Å². The Labute approximate surface area is 248 Å². The fourth-order valence-electron chi connectivity index (χ4n) is 6.81. The Bertz CT molecular complexity index is 1370. The first-order valence-electron chi connectivity index (χ1n) is 13.8. The summed E-state index contributed by atoms with van der Waals surface area (Å²) in [6.45, 7) is 11.2. The number of fused-ring (bicyclic) bond motifs is 1. The summed E-state index contributed by atoms with van der Waals surface area (Å²) in [6, 6.07) is 13.0. The molecule has 2 amide bonds. The molecule has 3 saturated heterocycles. The summed E-state index contributed by atoms with van der Waals surface area (Å²) in [7, 11) is 0. The first-order valence-corrected chi connectivity index (χ1v) is 14.7. The number of aliphatic hydroxyl groups excluding tert-OH is 1. The molecule has 0 aromatic heterocycles. The van der Waals surface area contributed by atoms with Gasteiger partial charge in [0.2, 0.25) is 5.91 Å². The number of hydrogen-bond donors (Lipinski definition) is 1. The molecule has 3 fully saturated rings. The number of anilines is 1. The van der Waals surface area contributed by atoms with Gasteiger partial charge >= 0.3 is 5.97 Å². The van der Waals surface area contributed by atoms with Gasteiger partial charge in [0.1, 0.15) is 18.2 Å². The van der Waals surface area contributed by atoms with E-state index in [1.807, 2.05) is 62.4 Å². The molecule has 1 N–H and O–H groups in total. The molecule has 216 valence electrons. The van der Waals surface area contributed by atoms with Crippen molar-refractivity contribution < 1.29 is 29.0 Å². The van der Waals surface area contributed by atoms with Crippen LogP contribution in [-0.2, 0) is 23.9 Å². The molecule has 2 aromatic carbocycles. The second-order valence-corrected chi connectivity index (χ2v) is 12.1. The first kappa shape index (κ1) is 29.2. The summed E-state index contributed by atoms with van der Waals surface area (Å²) >= 11 is 3.68. The lowest BCUT2D eigenvalue weighted by Crippen LogP contribution is -2.57. The molecule has 0 radical (unpaired) electrons. The van der Waals surface area contributed by atoms with Gasteiger partial charge in [-0.05, 0) is 43.0 Å². The van der Waals surface area contributed by atoms with Crippen molar-refractivity contribution >= 4 is 39.4 Å². The molecule has 41 heavy (non-hydrogen) atoms. The van der Waals surface area contributed by atoms with Gasteiger partial charge < -0.3 is 24.4 Å². The highest BCUT2D eigenvalue weighted by atomic mass is 79.9. The van der Waals surface area contributed by atoms with Gasteiger partial charge in [-0.1, -0.05) is 77.1 Å². The predicted molar refractivity (Wildman–Crippen MR) is 158 cm³/mol. The van der Waals surface area contributed by atoms with Crippen molar-refractivity contribution in [2.75, 3.05) is 24.7 Å². The van der Waals surface area contributed by atoms with E-state index in [9.17, 15) is 19.5 Å². The van der Waals surface area contributed by atoms with Crippen LogP contribution >= 0.6 is 15.9 Å². The zero-order valence-electron chi connectivity index (χ0n) is 23.2. The minimum absolute atomic E-state index is 0.00197. The van der Waals surface area contributed by atoms with E-state index in [2.05, 4.69) is 29.1 Å². The quantitative estimate of drug-likeness (QED) is 0.244. The van der Waals surface area contributed by atoms with E-state index in [0.29, 0.717) is 17.7 Å². The maximum Gasteiger partial charge on any atom is 0.312 e. The van der Waals surface area contributed by atoms with Crippen LogP contribution in [0.2, 0.25) is 0 Å². The van der Waals surface area contributed by atoms with Crippen molar-refractivity contribution in [3.05, 3.63) is 90.5 Å². The van der Waals surface area contributed by atoms with Crippen molar-refractivity contribution in [2.45, 2.75) is 48.9 Å². The largest absolute Gasteiger partial charge is 0.461 e. The van der Waals surface area contributed by atoms with Crippen LogP contribution in [0.1, 0.15) is 29.2 Å². The van der Waals surface area contributed by atoms with Crippen LogP contribution in [0.4, 0.5) is 5.69 Å². The summed E-state index contributed by atoms with van der Waals surface area (Å²) < 4.78 is 12.0. The fraction of sp³-hybridized carbons (Fsp3) is 0.406. The maximum atomic E-state index is 14.9. The number of likely N-dealkylation sites (tertiary alicyclic amines) is 1. The number of carbonyl (C=O) groups is 3. The highest BCUT2D eigenvalue weighted by Crippen LogP contribution is 2.61. The van der Waals surface area contributed by atoms with E-state index in [-0.39, 0.29) is 23.9 Å². The average Bonchev–Trinajstić information content (AvgIpc) is 3.56. The number of alkyl halides is 1. The number of nitrogens with zero attached hydrogens (tertiary/aromatic N) is 2. The molecule has 0 aliphatic carbocycles. The van der Waals surface area contributed by atoms with Gasteiger partial charge in [-0.25, -0.2) is 0 Å². The lowest BCUT2D eigenvalue weighted by Gasteiger charge is -2.39. The zero-order valence-corrected chi connectivity index (χ0v) is 24.8. The molecule has 1 spiro atoms. The molecular weight excluding hydrogens is 588 g/mol. The van der Waals surface area contributed by atoms with Crippen LogP contribution < -0.4 is 4.90 Å². The Morgan fingerprint density at radius 3 is 2.61 bits per heavy atom. The molecular formula is C32H35BrN2O6. The van der Waals surface area contributed by atoms with E-state index < -0.39 is 54.1 Å². The van der Waals surface area contributed by atoms with E-state index in [1.54, 1.807) is 11.0 Å². The second kappa shape index (κ2) is 11.5. The number of rotatable bonds is 10. The summed E-state index contributed by atoms with van der Waals surface area (Å²) in [5.74, 6) is -3.19. The monoisotopic (exact) mass is 622 g/mol. The number of esters is 1. The Morgan fingerprint density at radius 2 is 1.95 bits per heavy atom. The van der Waals surface area contributed by atoms with Crippen molar-refractivity contribution in [3.8, 4) is 0 Å². The highest BCUT2D eigenvalue weighted by molar-refractivity contribution is 9.09. The fourth-order valence-corrected chi connectivity index (χ4v) is 7.76. The van der Waals surface area contributed by atoms with Crippen LogP contribution in [0.3, 0.4) is 0 Å². The van der Waals surface area contributed by atoms with Gasteiger partial charge in [0.05, 0.1) is 30.6 Å². The lowest BCUT2D eigenvalue weighted by atomic mass is 9.70. The lowest BCUT2D eigenvalue weighted by molar-refractivity contribution is -0.154. The molecule has 3 aliphatic rings. The smallest absolute Gasteiger partial charge is 0.312 e. The minimum atomic E-state index is -1.30. The molecule has 2 aromatic rings. The van der Waals surface area contributed by atoms with Crippen LogP contribution in [0.15, 0.2) is 73.8 Å². The minimum Gasteiger partial charge on any atom is -0.461 e. The molecule has 2 bridgehead atoms. The Kier molecular flexibility index (Phi) is 8.23. The number of amides is 2. The third-order valence-electron chi connectivity index (χ3n) is 8.50. The third kappa shape index (κ3) is 4.73. The van der Waals surface area contributed by atoms with Crippen LogP contribution in [0.5, 0.6) is 0 Å². The van der Waals surface area contributed by atoms with Crippen molar-refractivity contribution in [1.82, 2.24) is 4.90 Å². The van der Waals surface area contributed by atoms with E-state index in [1.165, 1.54) is 11.0 Å². The Balaban J connectivity index is 1.67. The molecule has 3 aliphatic heterocycles. The topological polar surface area (TPSA) is 96.4 Å². The summed E-state index contributed by atoms with van der Waals surface area (Å²) in [5, 5.41) is 10.7. The van der Waals surface area contributed by atoms with E-state index in [0.717, 1.165) is 11.1 Å².